The van der Waals surface area contributed by atoms with E-state index in [2.05, 4.69) is 15.0 Å². The highest BCUT2D eigenvalue weighted by Gasteiger charge is 2.33. The number of thioether (sulfide) groups is 1. The molecular formula is C12H6Cl2F5N3S. The molecule has 0 aliphatic heterocycles. The minimum absolute atomic E-state index is 0.0964. The number of hydrogen-bond acceptors (Lipinski definition) is 4. The number of halogens is 7. The van der Waals surface area contributed by atoms with Crippen molar-refractivity contribution in [2.24, 2.45) is 0 Å². The molecule has 0 bridgehead atoms. The molecular weight excluding hydrogens is 384 g/mol. The van der Waals surface area contributed by atoms with Crippen LogP contribution in [0.1, 0.15) is 17.0 Å². The van der Waals surface area contributed by atoms with Crippen LogP contribution in [-0.2, 0) is 11.9 Å². The molecule has 2 heterocycles. The van der Waals surface area contributed by atoms with Crippen molar-refractivity contribution >= 4 is 35.0 Å². The van der Waals surface area contributed by atoms with E-state index in [9.17, 15) is 22.0 Å². The normalized spacial score (nSPS) is 11.8. The zero-order valence-corrected chi connectivity index (χ0v) is 13.5. The van der Waals surface area contributed by atoms with Crippen LogP contribution in [0.4, 0.5) is 22.0 Å². The van der Waals surface area contributed by atoms with Gasteiger partial charge in [0.05, 0.1) is 0 Å². The van der Waals surface area contributed by atoms with Crippen molar-refractivity contribution in [3.05, 3.63) is 45.0 Å². The second kappa shape index (κ2) is 6.74. The standard InChI is InChI=1S/C12H6Cl2F5N3S/c1-4-2-6(12(17,18)19)21-11(20-4)23-3-5-7(13)9(15)22-10(16)8(5)14/h2H,3H2,1H3. The van der Waals surface area contributed by atoms with E-state index in [0.717, 1.165) is 6.07 Å². The van der Waals surface area contributed by atoms with Crippen molar-refractivity contribution < 1.29 is 22.0 Å². The van der Waals surface area contributed by atoms with Gasteiger partial charge in [0.25, 0.3) is 0 Å². The molecule has 0 saturated carbocycles. The maximum Gasteiger partial charge on any atom is 0.433 e. The van der Waals surface area contributed by atoms with Crippen molar-refractivity contribution in [2.45, 2.75) is 24.0 Å². The number of aryl methyl sites for hydroxylation is 1. The van der Waals surface area contributed by atoms with Crippen LogP contribution in [-0.4, -0.2) is 15.0 Å². The summed E-state index contributed by atoms with van der Waals surface area (Å²) in [6.45, 7) is 1.37. The lowest BCUT2D eigenvalue weighted by molar-refractivity contribution is -0.141. The first-order valence-corrected chi connectivity index (χ1v) is 7.58. The summed E-state index contributed by atoms with van der Waals surface area (Å²) in [5, 5.41) is -1.23. The number of alkyl halides is 3. The summed E-state index contributed by atoms with van der Waals surface area (Å²) in [5.74, 6) is -2.75. The summed E-state index contributed by atoms with van der Waals surface area (Å²) in [6, 6.07) is 0.787. The maximum absolute atomic E-state index is 13.3. The zero-order valence-electron chi connectivity index (χ0n) is 11.2. The predicted octanol–water partition coefficient (Wildman–Crippen LogP) is 5.08. The average Bonchev–Trinajstić information content (AvgIpc) is 2.44. The molecule has 11 heteroatoms. The van der Waals surface area contributed by atoms with Crippen molar-refractivity contribution in [3.8, 4) is 0 Å². The molecule has 0 saturated heterocycles. The smallest absolute Gasteiger partial charge is 0.228 e. The second-order valence-corrected chi connectivity index (χ2v) is 5.96. The third-order valence-electron chi connectivity index (χ3n) is 2.56. The summed E-state index contributed by atoms with van der Waals surface area (Å²) in [6.07, 6.45) is -4.63. The molecule has 0 aromatic carbocycles. The van der Waals surface area contributed by atoms with Crippen LogP contribution in [0, 0.1) is 18.8 Å². The second-order valence-electron chi connectivity index (χ2n) is 4.26. The van der Waals surface area contributed by atoms with E-state index in [1.807, 2.05) is 0 Å². The van der Waals surface area contributed by atoms with E-state index in [1.165, 1.54) is 6.92 Å². The van der Waals surface area contributed by atoms with Gasteiger partial charge in [-0.05, 0) is 13.0 Å². The van der Waals surface area contributed by atoms with Gasteiger partial charge in [0, 0.05) is 17.0 Å². The summed E-state index contributed by atoms with van der Waals surface area (Å²) in [5.41, 5.74) is -1.15. The predicted molar refractivity (Wildman–Crippen MR) is 75.5 cm³/mol. The van der Waals surface area contributed by atoms with Crippen LogP contribution in [0.5, 0.6) is 0 Å². The molecule has 0 aliphatic rings. The monoisotopic (exact) mass is 389 g/mol. The highest BCUT2D eigenvalue weighted by atomic mass is 35.5. The molecule has 0 atom stereocenters. The number of aromatic nitrogens is 3. The van der Waals surface area contributed by atoms with Gasteiger partial charge >= 0.3 is 6.18 Å². The Bertz CT molecular complexity index is 728. The molecule has 2 aromatic heterocycles. The Labute approximate surface area is 141 Å². The van der Waals surface area contributed by atoms with Gasteiger partial charge in [-0.1, -0.05) is 35.0 Å². The van der Waals surface area contributed by atoms with Crippen molar-refractivity contribution in [1.82, 2.24) is 15.0 Å². The molecule has 2 rings (SSSR count). The molecule has 0 aliphatic carbocycles. The average molecular weight is 390 g/mol. The fourth-order valence-corrected chi connectivity index (χ4v) is 3.09. The molecule has 124 valence electrons. The third-order valence-corrected chi connectivity index (χ3v) is 4.20. The fraction of sp³-hybridized carbons (Fsp3) is 0.250. The zero-order chi connectivity index (χ0) is 17.4. The molecule has 0 N–H and O–H groups in total. The van der Waals surface area contributed by atoms with E-state index in [0.29, 0.717) is 11.8 Å². The highest BCUT2D eigenvalue weighted by molar-refractivity contribution is 7.98. The van der Waals surface area contributed by atoms with Gasteiger partial charge in [-0.25, -0.2) is 9.97 Å². The number of pyridine rings is 1. The fourth-order valence-electron chi connectivity index (χ4n) is 1.54. The number of rotatable bonds is 3. The summed E-state index contributed by atoms with van der Waals surface area (Å²) < 4.78 is 64.7. The molecule has 2 aromatic rings. The SMILES string of the molecule is Cc1cc(C(F)(F)F)nc(SCc2c(Cl)c(F)nc(F)c2Cl)n1. The van der Waals surface area contributed by atoms with Gasteiger partial charge in [0.1, 0.15) is 15.7 Å². The van der Waals surface area contributed by atoms with Crippen LogP contribution < -0.4 is 0 Å². The van der Waals surface area contributed by atoms with Crippen molar-refractivity contribution in [2.75, 3.05) is 0 Å². The lowest BCUT2D eigenvalue weighted by Gasteiger charge is -2.10. The molecule has 0 unspecified atom stereocenters. The van der Waals surface area contributed by atoms with Crippen LogP contribution in [0.15, 0.2) is 11.2 Å². The molecule has 0 radical (unpaired) electrons. The minimum atomic E-state index is -4.63. The molecule has 0 fully saturated rings. The van der Waals surface area contributed by atoms with Gasteiger partial charge in [-0.15, -0.1) is 0 Å². The van der Waals surface area contributed by atoms with Gasteiger partial charge in [-0.2, -0.15) is 26.9 Å². The lowest BCUT2D eigenvalue weighted by atomic mass is 10.3. The first-order chi connectivity index (χ1) is 10.6. The third kappa shape index (κ3) is 4.21. The Hall–Kier alpha value is -1.19. The Morgan fingerprint density at radius 1 is 1.04 bits per heavy atom. The van der Waals surface area contributed by atoms with Crippen LogP contribution in [0.3, 0.4) is 0 Å². The van der Waals surface area contributed by atoms with E-state index in [-0.39, 0.29) is 22.2 Å². The van der Waals surface area contributed by atoms with Crippen LogP contribution in [0.25, 0.3) is 0 Å². The van der Waals surface area contributed by atoms with E-state index in [4.69, 9.17) is 23.2 Å². The summed E-state index contributed by atoms with van der Waals surface area (Å²) in [7, 11) is 0. The Morgan fingerprint density at radius 2 is 1.61 bits per heavy atom. The van der Waals surface area contributed by atoms with E-state index in [1.54, 1.807) is 0 Å². The maximum atomic E-state index is 13.3. The van der Waals surface area contributed by atoms with E-state index < -0.39 is 33.8 Å². The van der Waals surface area contributed by atoms with Crippen LogP contribution in [0.2, 0.25) is 10.0 Å². The Kier molecular flexibility index (Phi) is 5.32. The number of hydrogen-bond donors (Lipinski definition) is 0. The Morgan fingerprint density at radius 3 is 2.13 bits per heavy atom. The lowest BCUT2D eigenvalue weighted by Crippen LogP contribution is -2.10. The topological polar surface area (TPSA) is 38.7 Å². The molecule has 3 nitrogen and oxygen atoms in total. The largest absolute Gasteiger partial charge is 0.433 e. The quantitative estimate of drug-likeness (QED) is 0.317. The summed E-state index contributed by atoms with van der Waals surface area (Å²) in [4.78, 5) is 10.1. The number of nitrogens with zero attached hydrogens (tertiary/aromatic N) is 3. The first-order valence-electron chi connectivity index (χ1n) is 5.84. The first kappa shape index (κ1) is 18.2. The van der Waals surface area contributed by atoms with Crippen LogP contribution >= 0.6 is 35.0 Å². The Balaban J connectivity index is 2.31. The summed E-state index contributed by atoms with van der Waals surface area (Å²) >= 11 is 12.0. The molecule has 23 heavy (non-hydrogen) atoms. The van der Waals surface area contributed by atoms with E-state index >= 15 is 0 Å². The molecule has 0 amide bonds. The van der Waals surface area contributed by atoms with Gasteiger partial charge in [-0.3, -0.25) is 0 Å². The van der Waals surface area contributed by atoms with Gasteiger partial charge < -0.3 is 0 Å². The van der Waals surface area contributed by atoms with Gasteiger partial charge in [0.2, 0.25) is 11.9 Å². The van der Waals surface area contributed by atoms with Crippen molar-refractivity contribution in [1.29, 1.82) is 0 Å². The highest BCUT2D eigenvalue weighted by Crippen LogP contribution is 2.34. The molecule has 0 spiro atoms. The van der Waals surface area contributed by atoms with Gasteiger partial charge in [0.15, 0.2) is 5.16 Å². The minimum Gasteiger partial charge on any atom is -0.228 e. The van der Waals surface area contributed by atoms with Crippen molar-refractivity contribution in [3.63, 3.8) is 0 Å².